The number of aliphatic hydroxyl groups is 1. The molecule has 12 heavy (non-hydrogen) atoms. The summed E-state index contributed by atoms with van der Waals surface area (Å²) in [6, 6.07) is 5.26. The van der Waals surface area contributed by atoms with Gasteiger partial charge in [0.15, 0.2) is 0 Å². The maximum atomic E-state index is 8.50. The first-order valence-corrected chi connectivity index (χ1v) is 4.59. The van der Waals surface area contributed by atoms with Crippen molar-refractivity contribution >= 4 is 27.5 Å². The summed E-state index contributed by atoms with van der Waals surface area (Å²) in [5.74, 6) is 0.656. The number of hydrogen-bond acceptors (Lipinski definition) is 2. The van der Waals surface area contributed by atoms with Gasteiger partial charge in [0, 0.05) is 9.50 Å². The van der Waals surface area contributed by atoms with E-state index >= 15 is 0 Å². The third-order valence-corrected chi connectivity index (χ3v) is 1.87. The van der Waals surface area contributed by atoms with Crippen LogP contribution in [0.4, 0.5) is 0 Å². The van der Waals surface area contributed by atoms with Gasteiger partial charge in [0.1, 0.15) is 12.4 Å². The van der Waals surface area contributed by atoms with E-state index in [0.29, 0.717) is 10.8 Å². The molecule has 1 aromatic rings. The Morgan fingerprint density at radius 1 is 1.42 bits per heavy atom. The van der Waals surface area contributed by atoms with E-state index < -0.39 is 0 Å². The van der Waals surface area contributed by atoms with E-state index in [9.17, 15) is 0 Å². The van der Waals surface area contributed by atoms with Gasteiger partial charge in [0.05, 0.1) is 6.61 Å². The van der Waals surface area contributed by atoms with Crippen molar-refractivity contribution < 1.29 is 9.84 Å². The van der Waals surface area contributed by atoms with E-state index in [1.165, 1.54) is 0 Å². The van der Waals surface area contributed by atoms with Gasteiger partial charge >= 0.3 is 0 Å². The van der Waals surface area contributed by atoms with Gasteiger partial charge in [-0.1, -0.05) is 27.5 Å². The van der Waals surface area contributed by atoms with E-state index in [2.05, 4.69) is 15.9 Å². The molecule has 1 N–H and O–H groups in total. The molecule has 66 valence electrons. The summed E-state index contributed by atoms with van der Waals surface area (Å²) in [5, 5.41) is 9.11. The second-order valence-corrected chi connectivity index (χ2v) is 3.53. The Morgan fingerprint density at radius 3 is 2.75 bits per heavy atom. The molecule has 4 heteroatoms. The summed E-state index contributed by atoms with van der Waals surface area (Å²) >= 11 is 9.03. The molecule has 1 aromatic carbocycles. The second kappa shape index (κ2) is 4.70. The molecule has 0 unspecified atom stereocenters. The van der Waals surface area contributed by atoms with E-state index in [0.717, 1.165) is 4.47 Å². The van der Waals surface area contributed by atoms with Crippen LogP contribution >= 0.6 is 27.5 Å². The molecule has 0 atom stereocenters. The first-order valence-electron chi connectivity index (χ1n) is 3.42. The maximum absolute atomic E-state index is 8.50. The smallest absolute Gasteiger partial charge is 0.122 e. The average Bonchev–Trinajstić information content (AvgIpc) is 1.99. The van der Waals surface area contributed by atoms with Crippen molar-refractivity contribution in [3.63, 3.8) is 0 Å². The molecular weight excluding hydrogens is 243 g/mol. The SMILES string of the molecule is OCCOc1cc(Cl)cc(Br)c1. The van der Waals surface area contributed by atoms with Crippen LogP contribution in [0.25, 0.3) is 0 Å². The molecule has 1 rings (SSSR count). The van der Waals surface area contributed by atoms with Crippen LogP contribution in [0.15, 0.2) is 22.7 Å². The Bertz CT molecular complexity index is 245. The van der Waals surface area contributed by atoms with Crippen LogP contribution in [-0.2, 0) is 0 Å². The highest BCUT2D eigenvalue weighted by Crippen LogP contribution is 2.24. The summed E-state index contributed by atoms with van der Waals surface area (Å²) in [7, 11) is 0. The van der Waals surface area contributed by atoms with Gasteiger partial charge in [-0.25, -0.2) is 0 Å². The van der Waals surface area contributed by atoms with Crippen molar-refractivity contribution in [2.75, 3.05) is 13.2 Å². The van der Waals surface area contributed by atoms with E-state index in [1.807, 2.05) is 0 Å². The predicted molar refractivity (Wildman–Crippen MR) is 51.7 cm³/mol. The van der Waals surface area contributed by atoms with Crippen molar-refractivity contribution in [3.05, 3.63) is 27.7 Å². The standard InChI is InChI=1S/C8H8BrClO2/c9-6-3-7(10)5-8(4-6)12-2-1-11/h3-5,11H,1-2H2. The highest BCUT2D eigenvalue weighted by atomic mass is 79.9. The number of hydrogen-bond donors (Lipinski definition) is 1. The first kappa shape index (κ1) is 9.84. The topological polar surface area (TPSA) is 29.5 Å². The monoisotopic (exact) mass is 250 g/mol. The minimum absolute atomic E-state index is 0.00410. The van der Waals surface area contributed by atoms with Gasteiger partial charge in [0.2, 0.25) is 0 Å². The van der Waals surface area contributed by atoms with Crippen LogP contribution in [-0.4, -0.2) is 18.3 Å². The van der Waals surface area contributed by atoms with Crippen LogP contribution in [0.2, 0.25) is 5.02 Å². The van der Waals surface area contributed by atoms with Crippen molar-refractivity contribution in [3.8, 4) is 5.75 Å². The molecule has 0 bridgehead atoms. The van der Waals surface area contributed by atoms with Crippen molar-refractivity contribution in [1.82, 2.24) is 0 Å². The summed E-state index contributed by atoms with van der Waals surface area (Å²) in [5.41, 5.74) is 0. The molecule has 0 amide bonds. The fourth-order valence-electron chi connectivity index (χ4n) is 0.775. The minimum Gasteiger partial charge on any atom is -0.491 e. The second-order valence-electron chi connectivity index (χ2n) is 2.18. The lowest BCUT2D eigenvalue weighted by atomic mass is 10.3. The largest absolute Gasteiger partial charge is 0.491 e. The molecule has 0 saturated carbocycles. The third-order valence-electron chi connectivity index (χ3n) is 1.20. The van der Waals surface area contributed by atoms with E-state index in [-0.39, 0.29) is 13.2 Å². The zero-order valence-corrected chi connectivity index (χ0v) is 8.60. The molecule has 0 fully saturated rings. The minimum atomic E-state index is 0.00410. The number of halogens is 2. The van der Waals surface area contributed by atoms with Crippen molar-refractivity contribution in [2.45, 2.75) is 0 Å². The highest BCUT2D eigenvalue weighted by molar-refractivity contribution is 9.10. The molecular formula is C8H8BrClO2. The zero-order valence-electron chi connectivity index (χ0n) is 6.26. The van der Waals surface area contributed by atoms with Crippen LogP contribution in [0, 0.1) is 0 Å². The number of ether oxygens (including phenoxy) is 1. The fraction of sp³-hybridized carbons (Fsp3) is 0.250. The maximum Gasteiger partial charge on any atom is 0.122 e. The van der Waals surface area contributed by atoms with E-state index in [1.54, 1.807) is 18.2 Å². The Kier molecular flexibility index (Phi) is 3.85. The summed E-state index contributed by atoms with van der Waals surface area (Å²) in [4.78, 5) is 0. The first-order chi connectivity index (χ1) is 5.72. The molecule has 0 spiro atoms. The van der Waals surface area contributed by atoms with Crippen molar-refractivity contribution in [1.29, 1.82) is 0 Å². The van der Waals surface area contributed by atoms with Crippen LogP contribution in [0.5, 0.6) is 5.75 Å². The zero-order chi connectivity index (χ0) is 8.97. The molecule has 0 aliphatic rings. The molecule has 0 saturated heterocycles. The Labute approximate surface area is 84.2 Å². The molecule has 0 aliphatic carbocycles. The normalized spacial score (nSPS) is 9.92. The predicted octanol–water partition coefficient (Wildman–Crippen LogP) is 2.47. The fourth-order valence-corrected chi connectivity index (χ4v) is 1.60. The average molecular weight is 252 g/mol. The highest BCUT2D eigenvalue weighted by Gasteiger charge is 1.97. The number of benzene rings is 1. The molecule has 0 aromatic heterocycles. The Balaban J connectivity index is 2.72. The quantitative estimate of drug-likeness (QED) is 0.894. The van der Waals surface area contributed by atoms with Crippen LogP contribution < -0.4 is 4.74 Å². The molecule has 0 aliphatic heterocycles. The van der Waals surface area contributed by atoms with Crippen molar-refractivity contribution in [2.24, 2.45) is 0 Å². The van der Waals surface area contributed by atoms with Gasteiger partial charge in [-0.15, -0.1) is 0 Å². The van der Waals surface area contributed by atoms with Gasteiger partial charge in [-0.3, -0.25) is 0 Å². The lowest BCUT2D eigenvalue weighted by Gasteiger charge is -2.04. The number of aliphatic hydroxyl groups excluding tert-OH is 1. The van der Waals surface area contributed by atoms with Gasteiger partial charge in [-0.05, 0) is 18.2 Å². The van der Waals surface area contributed by atoms with Gasteiger partial charge in [0.25, 0.3) is 0 Å². The summed E-state index contributed by atoms with van der Waals surface area (Å²) in [6.07, 6.45) is 0. The van der Waals surface area contributed by atoms with Crippen LogP contribution in [0.1, 0.15) is 0 Å². The number of rotatable bonds is 3. The summed E-state index contributed by atoms with van der Waals surface area (Å²) < 4.78 is 6.02. The Morgan fingerprint density at radius 2 is 2.17 bits per heavy atom. The third kappa shape index (κ3) is 3.01. The van der Waals surface area contributed by atoms with Crippen LogP contribution in [0.3, 0.4) is 0 Å². The lowest BCUT2D eigenvalue weighted by molar-refractivity contribution is 0.201. The van der Waals surface area contributed by atoms with Gasteiger partial charge < -0.3 is 9.84 Å². The molecule has 0 heterocycles. The lowest BCUT2D eigenvalue weighted by Crippen LogP contribution is -2.01. The van der Waals surface area contributed by atoms with Gasteiger partial charge in [-0.2, -0.15) is 0 Å². The summed E-state index contributed by atoms with van der Waals surface area (Å²) in [6.45, 7) is 0.289. The Hall–Kier alpha value is -0.250. The molecule has 2 nitrogen and oxygen atoms in total. The molecule has 0 radical (unpaired) electrons. The van der Waals surface area contributed by atoms with E-state index in [4.69, 9.17) is 21.4 Å².